The summed E-state index contributed by atoms with van der Waals surface area (Å²) in [4.78, 5) is 18.6. The molecule has 0 spiro atoms. The first-order chi connectivity index (χ1) is 11.1. The summed E-state index contributed by atoms with van der Waals surface area (Å²) in [5, 5.41) is 9.43. The Labute approximate surface area is 154 Å². The Balaban J connectivity index is 0.000000312. The topological polar surface area (TPSA) is 63.1 Å². The molecular weight excluding hydrogens is 480 g/mol. The van der Waals surface area contributed by atoms with Crippen LogP contribution in [0.4, 0.5) is 0 Å². The third kappa shape index (κ3) is 5.69. The summed E-state index contributed by atoms with van der Waals surface area (Å²) in [6.07, 6.45) is 2.76. The maximum atomic E-state index is 10.0. The summed E-state index contributed by atoms with van der Waals surface area (Å²) in [6.45, 7) is 2.85. The summed E-state index contributed by atoms with van der Waals surface area (Å²) in [7, 11) is 0. The molecule has 2 aromatic carbocycles. The second-order valence-corrected chi connectivity index (χ2v) is 4.91. The van der Waals surface area contributed by atoms with E-state index in [2.05, 4.69) is 16.0 Å². The van der Waals surface area contributed by atoms with Gasteiger partial charge in [-0.2, -0.15) is 0 Å². The van der Waals surface area contributed by atoms with Gasteiger partial charge in [-0.1, -0.05) is 18.2 Å². The molecular formula is C19H17IrN2O2-. The number of aromatic nitrogens is 2. The van der Waals surface area contributed by atoms with Crippen molar-refractivity contribution < 1.29 is 30.0 Å². The molecule has 1 heterocycles. The molecule has 0 aliphatic heterocycles. The van der Waals surface area contributed by atoms with Crippen molar-refractivity contribution in [3.8, 4) is 11.3 Å². The number of para-hydroxylation sites is 1. The molecule has 5 heteroatoms. The van der Waals surface area contributed by atoms with Crippen LogP contribution in [0.3, 0.4) is 0 Å². The smallest absolute Gasteiger partial charge is 0.155 e. The van der Waals surface area contributed by atoms with Gasteiger partial charge in [0.05, 0.1) is 11.3 Å². The average Bonchev–Trinajstić information content (AvgIpc) is 2.54. The van der Waals surface area contributed by atoms with Crippen LogP contribution in [0, 0.1) is 6.07 Å². The number of aliphatic hydroxyl groups is 1. The minimum absolute atomic E-state index is 0. The van der Waals surface area contributed by atoms with Crippen molar-refractivity contribution in [2.24, 2.45) is 0 Å². The van der Waals surface area contributed by atoms with E-state index in [0.29, 0.717) is 0 Å². The Kier molecular flexibility index (Phi) is 7.96. The minimum Gasteiger partial charge on any atom is -0.512 e. The summed E-state index contributed by atoms with van der Waals surface area (Å²) in [5.74, 6) is -0.0625. The Bertz CT molecular complexity index is 824. The van der Waals surface area contributed by atoms with Gasteiger partial charge in [0.2, 0.25) is 0 Å². The van der Waals surface area contributed by atoms with E-state index in [9.17, 15) is 4.79 Å². The fourth-order valence-corrected chi connectivity index (χ4v) is 2.05. The Morgan fingerprint density at radius 2 is 1.79 bits per heavy atom. The predicted molar refractivity (Wildman–Crippen MR) is 90.9 cm³/mol. The third-order valence-electron chi connectivity index (χ3n) is 2.92. The number of ketones is 1. The van der Waals surface area contributed by atoms with Crippen molar-refractivity contribution in [2.75, 3.05) is 0 Å². The molecule has 0 unspecified atom stereocenters. The van der Waals surface area contributed by atoms with Gasteiger partial charge in [-0.15, -0.1) is 35.9 Å². The monoisotopic (exact) mass is 498 g/mol. The molecule has 1 N–H and O–H groups in total. The number of rotatable bonds is 2. The van der Waals surface area contributed by atoms with Crippen molar-refractivity contribution in [3.05, 3.63) is 72.8 Å². The first kappa shape index (κ1) is 19.7. The van der Waals surface area contributed by atoms with Gasteiger partial charge in [0, 0.05) is 26.2 Å². The summed E-state index contributed by atoms with van der Waals surface area (Å²) in [6, 6.07) is 19.0. The molecule has 1 radical (unpaired) electrons. The van der Waals surface area contributed by atoms with Crippen molar-refractivity contribution >= 4 is 16.7 Å². The zero-order chi connectivity index (χ0) is 16.7. The van der Waals surface area contributed by atoms with Crippen LogP contribution in [0.1, 0.15) is 13.8 Å². The van der Waals surface area contributed by atoms with Crippen LogP contribution in [0.15, 0.2) is 66.7 Å². The quantitative estimate of drug-likeness (QED) is 0.329. The average molecular weight is 498 g/mol. The van der Waals surface area contributed by atoms with Crippen LogP contribution in [0.25, 0.3) is 22.2 Å². The number of nitrogens with zero attached hydrogens (tertiary/aromatic N) is 2. The van der Waals surface area contributed by atoms with Gasteiger partial charge < -0.3 is 5.11 Å². The summed E-state index contributed by atoms with van der Waals surface area (Å²) < 4.78 is 0. The van der Waals surface area contributed by atoms with E-state index in [1.54, 1.807) is 6.33 Å². The van der Waals surface area contributed by atoms with E-state index in [1.807, 2.05) is 48.5 Å². The maximum absolute atomic E-state index is 10.0. The number of carbonyl (C=O) groups is 1. The largest absolute Gasteiger partial charge is 0.512 e. The molecule has 0 atom stereocenters. The third-order valence-corrected chi connectivity index (χ3v) is 2.92. The number of benzene rings is 2. The van der Waals surface area contributed by atoms with Gasteiger partial charge in [0.25, 0.3) is 0 Å². The zero-order valence-electron chi connectivity index (χ0n) is 13.4. The van der Waals surface area contributed by atoms with Crippen LogP contribution in [0.5, 0.6) is 0 Å². The van der Waals surface area contributed by atoms with Gasteiger partial charge >= 0.3 is 0 Å². The van der Waals surface area contributed by atoms with Gasteiger partial charge in [-0.05, 0) is 31.0 Å². The Morgan fingerprint density at radius 1 is 1.08 bits per heavy atom. The number of carbonyl (C=O) groups excluding carboxylic acids is 1. The Hall–Kier alpha value is -2.36. The molecule has 0 saturated carbocycles. The number of allylic oxidation sites excluding steroid dienone is 2. The van der Waals surface area contributed by atoms with E-state index in [0.717, 1.165) is 22.2 Å². The molecule has 0 fully saturated rings. The van der Waals surface area contributed by atoms with Gasteiger partial charge in [-0.25, -0.2) is 4.98 Å². The molecule has 3 rings (SSSR count). The van der Waals surface area contributed by atoms with E-state index in [-0.39, 0.29) is 31.6 Å². The molecule has 0 aliphatic rings. The predicted octanol–water partition coefficient (Wildman–Crippen LogP) is 4.13. The molecule has 1 aromatic heterocycles. The number of hydrogen-bond donors (Lipinski definition) is 1. The van der Waals surface area contributed by atoms with Crippen molar-refractivity contribution in [3.63, 3.8) is 0 Å². The maximum Gasteiger partial charge on any atom is 0.155 e. The fraction of sp³-hybridized carbons (Fsp3) is 0.105. The molecule has 24 heavy (non-hydrogen) atoms. The number of fused-ring (bicyclic) bond motifs is 1. The molecule has 3 aromatic rings. The second kappa shape index (κ2) is 9.71. The van der Waals surface area contributed by atoms with E-state index < -0.39 is 0 Å². The number of hydrogen-bond acceptors (Lipinski definition) is 4. The van der Waals surface area contributed by atoms with Crippen molar-refractivity contribution in [1.82, 2.24) is 9.97 Å². The van der Waals surface area contributed by atoms with Crippen LogP contribution in [-0.4, -0.2) is 20.9 Å². The van der Waals surface area contributed by atoms with Crippen molar-refractivity contribution in [2.45, 2.75) is 13.8 Å². The van der Waals surface area contributed by atoms with Gasteiger partial charge in [0.15, 0.2) is 5.78 Å². The van der Waals surface area contributed by atoms with Crippen LogP contribution >= 0.6 is 0 Å². The first-order valence-electron chi connectivity index (χ1n) is 7.12. The van der Waals surface area contributed by atoms with Gasteiger partial charge in [-0.3, -0.25) is 9.78 Å². The molecule has 0 bridgehead atoms. The molecule has 4 nitrogen and oxygen atoms in total. The summed E-state index contributed by atoms with van der Waals surface area (Å²) >= 11 is 0. The first-order valence-corrected chi connectivity index (χ1v) is 7.12. The van der Waals surface area contributed by atoms with Gasteiger partial charge in [0.1, 0.15) is 6.33 Å². The van der Waals surface area contributed by atoms with Crippen molar-refractivity contribution in [1.29, 1.82) is 0 Å². The zero-order valence-corrected chi connectivity index (χ0v) is 15.8. The second-order valence-electron chi connectivity index (χ2n) is 4.91. The number of aliphatic hydroxyl groups excluding tert-OH is 1. The standard InChI is InChI=1S/C14H9N2.C5H8O2.Ir/c1-2-6-11(7-3-1)14-12-8-4-5-9-13(12)15-10-16-14;1-4(6)3-5(2)7;/h1-6,8-10H;3,6H,1-2H3;/q-1;;. The van der Waals surface area contributed by atoms with E-state index in [4.69, 9.17) is 5.11 Å². The van der Waals surface area contributed by atoms with E-state index in [1.165, 1.54) is 19.9 Å². The SMILES string of the molecule is CC(=O)C=C(C)O.[Ir].[c-]1ccccc1-c1ncnc2ccccc12. The normalized spacial score (nSPS) is 10.3. The Morgan fingerprint density at radius 3 is 2.38 bits per heavy atom. The fourth-order valence-electron chi connectivity index (χ4n) is 2.05. The van der Waals surface area contributed by atoms with E-state index >= 15 is 0 Å². The summed E-state index contributed by atoms with van der Waals surface area (Å²) in [5.41, 5.74) is 2.90. The molecule has 0 amide bonds. The van der Waals surface area contributed by atoms with Crippen LogP contribution < -0.4 is 0 Å². The molecule has 125 valence electrons. The molecule has 0 aliphatic carbocycles. The minimum atomic E-state index is -0.125. The molecule has 0 saturated heterocycles. The van der Waals surface area contributed by atoms with Crippen LogP contribution in [0.2, 0.25) is 0 Å². The van der Waals surface area contributed by atoms with Crippen LogP contribution in [-0.2, 0) is 24.9 Å².